The van der Waals surface area contributed by atoms with Crippen molar-refractivity contribution in [3.63, 3.8) is 0 Å². The van der Waals surface area contributed by atoms with Crippen LogP contribution >= 0.6 is 0 Å². The van der Waals surface area contributed by atoms with Crippen molar-refractivity contribution in [3.8, 4) is 0 Å². The topological polar surface area (TPSA) is 61.2 Å². The summed E-state index contributed by atoms with van der Waals surface area (Å²) in [6.45, 7) is 4.86. The molecule has 0 aromatic carbocycles. The molecule has 0 aliphatic heterocycles. The molecule has 1 fully saturated rings. The van der Waals surface area contributed by atoms with Gasteiger partial charge in [0.1, 0.15) is 5.41 Å². The van der Waals surface area contributed by atoms with E-state index in [2.05, 4.69) is 5.10 Å². The normalized spacial score (nSPS) is 22.8. The number of esters is 1. The van der Waals surface area contributed by atoms with E-state index < -0.39 is 5.41 Å². The van der Waals surface area contributed by atoms with Gasteiger partial charge in [0.15, 0.2) is 5.78 Å². The van der Waals surface area contributed by atoms with Gasteiger partial charge < -0.3 is 4.74 Å². The van der Waals surface area contributed by atoms with Crippen LogP contribution in [0.1, 0.15) is 45.1 Å². The molecule has 1 heterocycles. The number of hydrogen-bond acceptors (Lipinski definition) is 4. The maximum absolute atomic E-state index is 12.4. The number of Topliss-reactive ketones (excluding diaryl/α,β-unsaturated/α-hetero) is 1. The number of ketones is 1. The lowest BCUT2D eigenvalue weighted by Gasteiger charge is -2.33. The first-order valence-electron chi connectivity index (χ1n) is 7.34. The molecule has 2 rings (SSSR count). The molecule has 20 heavy (non-hydrogen) atoms. The number of aryl methyl sites for hydroxylation is 1. The molecule has 1 aliphatic carbocycles. The largest absolute Gasteiger partial charge is 0.465 e. The zero-order valence-electron chi connectivity index (χ0n) is 12.2. The van der Waals surface area contributed by atoms with E-state index in [0.29, 0.717) is 25.9 Å². The SMILES string of the molecule is CCOC(=O)C1(Cc2cnn(CC)c2)CCCCC1=O. The Hall–Kier alpha value is -1.65. The number of aromatic nitrogens is 2. The highest BCUT2D eigenvalue weighted by molar-refractivity contribution is 6.04. The molecule has 1 aliphatic rings. The minimum absolute atomic E-state index is 0.0199. The van der Waals surface area contributed by atoms with Crippen molar-refractivity contribution in [3.05, 3.63) is 18.0 Å². The molecule has 0 spiro atoms. The molecule has 0 saturated heterocycles. The first kappa shape index (κ1) is 14.8. The Morgan fingerprint density at radius 2 is 2.25 bits per heavy atom. The lowest BCUT2D eigenvalue weighted by atomic mass is 9.69. The summed E-state index contributed by atoms with van der Waals surface area (Å²) in [5.74, 6) is -0.347. The van der Waals surface area contributed by atoms with Gasteiger partial charge in [0.05, 0.1) is 12.8 Å². The summed E-state index contributed by atoms with van der Waals surface area (Å²) in [6.07, 6.45) is 6.88. The van der Waals surface area contributed by atoms with Crippen LogP contribution in [0.25, 0.3) is 0 Å². The van der Waals surface area contributed by atoms with Crippen molar-refractivity contribution in [2.24, 2.45) is 5.41 Å². The second-order valence-corrected chi connectivity index (χ2v) is 5.31. The van der Waals surface area contributed by atoms with E-state index in [0.717, 1.165) is 24.9 Å². The van der Waals surface area contributed by atoms with Crippen LogP contribution in [-0.2, 0) is 27.3 Å². The first-order valence-corrected chi connectivity index (χ1v) is 7.34. The molecule has 1 aromatic heterocycles. The summed E-state index contributed by atoms with van der Waals surface area (Å²) in [6, 6.07) is 0. The van der Waals surface area contributed by atoms with Gasteiger partial charge in [-0.2, -0.15) is 5.10 Å². The van der Waals surface area contributed by atoms with E-state index in [1.54, 1.807) is 13.1 Å². The average molecular weight is 278 g/mol. The summed E-state index contributed by atoms with van der Waals surface area (Å²) in [5.41, 5.74) is -0.0641. The third kappa shape index (κ3) is 2.76. The van der Waals surface area contributed by atoms with Gasteiger partial charge >= 0.3 is 5.97 Å². The van der Waals surface area contributed by atoms with Crippen molar-refractivity contribution in [1.82, 2.24) is 9.78 Å². The maximum Gasteiger partial charge on any atom is 0.319 e. The quantitative estimate of drug-likeness (QED) is 0.611. The number of hydrogen-bond donors (Lipinski definition) is 0. The summed E-state index contributed by atoms with van der Waals surface area (Å²) in [4.78, 5) is 24.7. The highest BCUT2D eigenvalue weighted by atomic mass is 16.5. The van der Waals surface area contributed by atoms with Gasteiger partial charge in [-0.1, -0.05) is 6.42 Å². The molecule has 0 bridgehead atoms. The van der Waals surface area contributed by atoms with Crippen LogP contribution in [0.4, 0.5) is 0 Å². The fourth-order valence-corrected chi connectivity index (χ4v) is 2.85. The lowest BCUT2D eigenvalue weighted by Crippen LogP contribution is -2.44. The Morgan fingerprint density at radius 3 is 2.85 bits per heavy atom. The van der Waals surface area contributed by atoms with Crippen LogP contribution in [0.15, 0.2) is 12.4 Å². The Balaban J connectivity index is 2.26. The monoisotopic (exact) mass is 278 g/mol. The summed E-state index contributed by atoms with van der Waals surface area (Å²) in [5, 5.41) is 4.21. The van der Waals surface area contributed by atoms with Gasteiger partial charge in [-0.25, -0.2) is 0 Å². The van der Waals surface area contributed by atoms with Crippen molar-refractivity contribution in [1.29, 1.82) is 0 Å². The van der Waals surface area contributed by atoms with Crippen molar-refractivity contribution in [2.75, 3.05) is 6.61 Å². The highest BCUT2D eigenvalue weighted by Gasteiger charge is 2.48. The van der Waals surface area contributed by atoms with E-state index in [-0.39, 0.29) is 11.8 Å². The van der Waals surface area contributed by atoms with E-state index in [1.165, 1.54) is 0 Å². The minimum Gasteiger partial charge on any atom is -0.465 e. The molecule has 1 unspecified atom stereocenters. The first-order chi connectivity index (χ1) is 9.62. The van der Waals surface area contributed by atoms with E-state index >= 15 is 0 Å². The van der Waals surface area contributed by atoms with Crippen LogP contribution < -0.4 is 0 Å². The number of carbonyl (C=O) groups excluding carboxylic acids is 2. The highest BCUT2D eigenvalue weighted by Crippen LogP contribution is 2.37. The Labute approximate surface area is 119 Å². The number of carbonyl (C=O) groups is 2. The summed E-state index contributed by atoms with van der Waals surface area (Å²) >= 11 is 0. The molecule has 5 heteroatoms. The third-order valence-electron chi connectivity index (χ3n) is 3.97. The Morgan fingerprint density at radius 1 is 1.45 bits per heavy atom. The smallest absolute Gasteiger partial charge is 0.319 e. The maximum atomic E-state index is 12.4. The Kier molecular flexibility index (Phi) is 4.57. The van der Waals surface area contributed by atoms with Crippen LogP contribution in [-0.4, -0.2) is 28.1 Å². The van der Waals surface area contributed by atoms with Gasteiger partial charge in [-0.15, -0.1) is 0 Å². The minimum atomic E-state index is -0.990. The predicted octanol–water partition coefficient (Wildman–Crippen LogP) is 2.14. The van der Waals surface area contributed by atoms with Gasteiger partial charge in [0, 0.05) is 19.2 Å². The molecule has 110 valence electrons. The third-order valence-corrected chi connectivity index (χ3v) is 3.97. The zero-order valence-corrected chi connectivity index (χ0v) is 12.2. The van der Waals surface area contributed by atoms with Crippen LogP contribution in [0, 0.1) is 5.41 Å². The van der Waals surface area contributed by atoms with Crippen molar-refractivity contribution >= 4 is 11.8 Å². The lowest BCUT2D eigenvalue weighted by molar-refractivity contribution is -0.162. The van der Waals surface area contributed by atoms with Gasteiger partial charge in [0.25, 0.3) is 0 Å². The fourth-order valence-electron chi connectivity index (χ4n) is 2.85. The zero-order chi connectivity index (χ0) is 14.6. The molecule has 1 saturated carbocycles. The van der Waals surface area contributed by atoms with E-state index in [9.17, 15) is 9.59 Å². The fraction of sp³-hybridized carbons (Fsp3) is 0.667. The molecule has 1 aromatic rings. The number of rotatable bonds is 5. The molecule has 0 radical (unpaired) electrons. The summed E-state index contributed by atoms with van der Waals surface area (Å²) in [7, 11) is 0. The molecule has 1 atom stereocenters. The van der Waals surface area contributed by atoms with Crippen molar-refractivity contribution in [2.45, 2.75) is 52.5 Å². The molecule has 0 amide bonds. The van der Waals surface area contributed by atoms with Crippen LogP contribution in [0.5, 0.6) is 0 Å². The van der Waals surface area contributed by atoms with Gasteiger partial charge in [-0.05, 0) is 38.7 Å². The predicted molar refractivity (Wildman–Crippen MR) is 74.1 cm³/mol. The van der Waals surface area contributed by atoms with Gasteiger partial charge in [0.2, 0.25) is 0 Å². The van der Waals surface area contributed by atoms with E-state index in [1.807, 2.05) is 17.8 Å². The molecule has 5 nitrogen and oxygen atoms in total. The standard InChI is InChI=1S/C15H22N2O3/c1-3-17-11-12(10-16-17)9-15(14(19)20-4-2)8-6-5-7-13(15)18/h10-11H,3-9H2,1-2H3. The summed E-state index contributed by atoms with van der Waals surface area (Å²) < 4.78 is 6.98. The van der Waals surface area contributed by atoms with Crippen LogP contribution in [0.2, 0.25) is 0 Å². The second-order valence-electron chi connectivity index (χ2n) is 5.31. The van der Waals surface area contributed by atoms with Gasteiger partial charge in [-0.3, -0.25) is 14.3 Å². The molecular formula is C15H22N2O3. The van der Waals surface area contributed by atoms with E-state index in [4.69, 9.17) is 4.74 Å². The molecule has 0 N–H and O–H groups in total. The second kappa shape index (κ2) is 6.20. The number of nitrogens with zero attached hydrogens (tertiary/aromatic N) is 2. The van der Waals surface area contributed by atoms with Crippen molar-refractivity contribution < 1.29 is 14.3 Å². The Bertz CT molecular complexity index is 495. The number of ether oxygens (including phenoxy) is 1. The average Bonchev–Trinajstić information content (AvgIpc) is 2.89. The molecular weight excluding hydrogens is 256 g/mol. The van der Waals surface area contributed by atoms with Crippen LogP contribution in [0.3, 0.4) is 0 Å².